The molecule has 0 aliphatic heterocycles. The molecule has 3 nitrogen and oxygen atoms in total. The predicted octanol–water partition coefficient (Wildman–Crippen LogP) is 1.77. The fourth-order valence-corrected chi connectivity index (χ4v) is 1.83. The standard InChI is InChI=1S/C11H20N2O/c1-6-9-8(7-14)12-10(13(9)5)11(2,3)4/h14H,6-7H2,1-5H3. The van der Waals surface area contributed by atoms with Crippen LogP contribution in [0.2, 0.25) is 0 Å². The van der Waals surface area contributed by atoms with Crippen molar-refractivity contribution in [3.63, 3.8) is 0 Å². The Hall–Kier alpha value is -0.830. The highest BCUT2D eigenvalue weighted by atomic mass is 16.3. The fraction of sp³-hybridized carbons (Fsp3) is 0.727. The summed E-state index contributed by atoms with van der Waals surface area (Å²) < 4.78 is 2.10. The van der Waals surface area contributed by atoms with Crippen molar-refractivity contribution in [2.45, 2.75) is 46.1 Å². The molecule has 1 heterocycles. The average Bonchev–Trinajstić information content (AvgIpc) is 2.40. The van der Waals surface area contributed by atoms with Gasteiger partial charge in [-0.05, 0) is 6.42 Å². The molecule has 0 atom stereocenters. The Kier molecular flexibility index (Phi) is 3.00. The third-order valence-electron chi connectivity index (χ3n) is 2.45. The number of imidazole rings is 1. The highest BCUT2D eigenvalue weighted by molar-refractivity contribution is 5.20. The third-order valence-corrected chi connectivity index (χ3v) is 2.45. The van der Waals surface area contributed by atoms with E-state index in [9.17, 15) is 5.11 Å². The summed E-state index contributed by atoms with van der Waals surface area (Å²) in [5.74, 6) is 1.04. The monoisotopic (exact) mass is 196 g/mol. The largest absolute Gasteiger partial charge is 0.390 e. The first kappa shape index (κ1) is 11.2. The molecule has 0 saturated heterocycles. The van der Waals surface area contributed by atoms with E-state index in [0.717, 1.165) is 23.6 Å². The summed E-state index contributed by atoms with van der Waals surface area (Å²) in [7, 11) is 2.02. The molecule has 1 aromatic rings. The minimum absolute atomic E-state index is 0.0338. The van der Waals surface area contributed by atoms with Crippen molar-refractivity contribution in [3.8, 4) is 0 Å². The molecule has 0 aromatic carbocycles. The van der Waals surface area contributed by atoms with Crippen LogP contribution in [0.4, 0.5) is 0 Å². The maximum atomic E-state index is 9.18. The van der Waals surface area contributed by atoms with Crippen LogP contribution in [0.25, 0.3) is 0 Å². The zero-order valence-electron chi connectivity index (χ0n) is 9.76. The Balaban J connectivity index is 3.28. The quantitative estimate of drug-likeness (QED) is 0.783. The van der Waals surface area contributed by atoms with Gasteiger partial charge in [0, 0.05) is 18.2 Å². The second-order valence-electron chi connectivity index (χ2n) is 4.65. The van der Waals surface area contributed by atoms with Crippen LogP contribution in [-0.2, 0) is 25.5 Å². The van der Waals surface area contributed by atoms with E-state index in [2.05, 4.69) is 37.2 Å². The SMILES string of the molecule is CCc1c(CO)nc(C(C)(C)C)n1C. The summed E-state index contributed by atoms with van der Waals surface area (Å²) in [5, 5.41) is 9.18. The van der Waals surface area contributed by atoms with Gasteiger partial charge in [-0.3, -0.25) is 0 Å². The molecule has 1 aromatic heterocycles. The van der Waals surface area contributed by atoms with Gasteiger partial charge in [0.05, 0.1) is 12.3 Å². The van der Waals surface area contributed by atoms with Gasteiger partial charge in [-0.2, -0.15) is 0 Å². The third kappa shape index (κ3) is 1.82. The molecule has 0 radical (unpaired) electrons. The first-order valence-corrected chi connectivity index (χ1v) is 5.07. The first-order chi connectivity index (χ1) is 6.41. The Morgan fingerprint density at radius 1 is 1.36 bits per heavy atom. The van der Waals surface area contributed by atoms with Crippen LogP contribution in [-0.4, -0.2) is 14.7 Å². The molecular formula is C11H20N2O. The summed E-state index contributed by atoms with van der Waals surface area (Å²) in [5.41, 5.74) is 1.99. The summed E-state index contributed by atoms with van der Waals surface area (Å²) in [6, 6.07) is 0. The van der Waals surface area contributed by atoms with Gasteiger partial charge in [0.1, 0.15) is 5.82 Å². The van der Waals surface area contributed by atoms with Gasteiger partial charge in [-0.15, -0.1) is 0 Å². The van der Waals surface area contributed by atoms with Crippen molar-refractivity contribution in [2.24, 2.45) is 7.05 Å². The van der Waals surface area contributed by atoms with Crippen molar-refractivity contribution in [2.75, 3.05) is 0 Å². The Morgan fingerprint density at radius 3 is 2.21 bits per heavy atom. The van der Waals surface area contributed by atoms with Crippen LogP contribution >= 0.6 is 0 Å². The lowest BCUT2D eigenvalue weighted by Crippen LogP contribution is -2.18. The maximum absolute atomic E-state index is 9.18. The number of nitrogens with zero attached hydrogens (tertiary/aromatic N) is 2. The number of hydrogen-bond acceptors (Lipinski definition) is 2. The Bertz CT molecular complexity index is 321. The second-order valence-corrected chi connectivity index (χ2v) is 4.65. The highest BCUT2D eigenvalue weighted by Crippen LogP contribution is 2.23. The minimum atomic E-state index is 0.0338. The van der Waals surface area contributed by atoms with Crippen molar-refractivity contribution in [1.29, 1.82) is 0 Å². The van der Waals surface area contributed by atoms with E-state index in [1.54, 1.807) is 0 Å². The summed E-state index contributed by atoms with van der Waals surface area (Å²) >= 11 is 0. The molecular weight excluding hydrogens is 176 g/mol. The van der Waals surface area contributed by atoms with Crippen molar-refractivity contribution in [3.05, 3.63) is 17.2 Å². The number of aliphatic hydroxyl groups excluding tert-OH is 1. The molecule has 14 heavy (non-hydrogen) atoms. The van der Waals surface area contributed by atoms with Crippen molar-refractivity contribution < 1.29 is 5.11 Å². The van der Waals surface area contributed by atoms with Gasteiger partial charge >= 0.3 is 0 Å². The molecule has 0 bridgehead atoms. The number of aromatic nitrogens is 2. The predicted molar refractivity (Wildman–Crippen MR) is 57.2 cm³/mol. The molecule has 0 fully saturated rings. The van der Waals surface area contributed by atoms with Gasteiger partial charge in [0.15, 0.2) is 0 Å². The Morgan fingerprint density at radius 2 is 1.93 bits per heavy atom. The van der Waals surface area contributed by atoms with Crippen LogP contribution in [0.5, 0.6) is 0 Å². The van der Waals surface area contributed by atoms with Gasteiger partial charge in [-0.25, -0.2) is 4.98 Å². The zero-order valence-corrected chi connectivity index (χ0v) is 9.76. The maximum Gasteiger partial charge on any atom is 0.114 e. The molecule has 0 aliphatic carbocycles. The fourth-order valence-electron chi connectivity index (χ4n) is 1.83. The number of hydrogen-bond donors (Lipinski definition) is 1. The second kappa shape index (κ2) is 3.73. The lowest BCUT2D eigenvalue weighted by Gasteiger charge is -2.18. The van der Waals surface area contributed by atoms with Crippen LogP contribution in [0, 0.1) is 0 Å². The normalized spacial score (nSPS) is 12.1. The van der Waals surface area contributed by atoms with Crippen molar-refractivity contribution >= 4 is 0 Å². The van der Waals surface area contributed by atoms with Crippen molar-refractivity contribution in [1.82, 2.24) is 9.55 Å². The average molecular weight is 196 g/mol. The van der Waals surface area contributed by atoms with Gasteiger partial charge in [0.2, 0.25) is 0 Å². The zero-order chi connectivity index (χ0) is 10.9. The van der Waals surface area contributed by atoms with Crippen LogP contribution in [0.15, 0.2) is 0 Å². The van der Waals surface area contributed by atoms with E-state index in [4.69, 9.17) is 0 Å². The highest BCUT2D eigenvalue weighted by Gasteiger charge is 2.22. The van der Waals surface area contributed by atoms with Crippen LogP contribution in [0.1, 0.15) is 44.9 Å². The first-order valence-electron chi connectivity index (χ1n) is 5.07. The molecule has 0 aliphatic rings. The molecule has 3 heteroatoms. The number of aliphatic hydroxyl groups is 1. The van der Waals surface area contributed by atoms with Gasteiger partial charge in [-0.1, -0.05) is 27.7 Å². The molecule has 0 spiro atoms. The molecule has 1 rings (SSSR count). The van der Waals surface area contributed by atoms with Crippen LogP contribution in [0.3, 0.4) is 0 Å². The lowest BCUT2D eigenvalue weighted by atomic mass is 9.96. The summed E-state index contributed by atoms with van der Waals surface area (Å²) in [4.78, 5) is 4.48. The topological polar surface area (TPSA) is 38.1 Å². The summed E-state index contributed by atoms with van der Waals surface area (Å²) in [6.07, 6.45) is 0.912. The Labute approximate surface area is 85.8 Å². The van der Waals surface area contributed by atoms with E-state index in [1.807, 2.05) is 7.05 Å². The van der Waals surface area contributed by atoms with E-state index in [-0.39, 0.29) is 12.0 Å². The van der Waals surface area contributed by atoms with E-state index in [1.165, 1.54) is 0 Å². The van der Waals surface area contributed by atoms with E-state index >= 15 is 0 Å². The van der Waals surface area contributed by atoms with Gasteiger partial charge in [0.25, 0.3) is 0 Å². The van der Waals surface area contributed by atoms with Crippen LogP contribution < -0.4 is 0 Å². The smallest absolute Gasteiger partial charge is 0.114 e. The van der Waals surface area contributed by atoms with E-state index in [0.29, 0.717) is 0 Å². The molecule has 0 amide bonds. The minimum Gasteiger partial charge on any atom is -0.390 e. The lowest BCUT2D eigenvalue weighted by molar-refractivity contribution is 0.275. The van der Waals surface area contributed by atoms with Gasteiger partial charge < -0.3 is 9.67 Å². The molecule has 0 unspecified atom stereocenters. The molecule has 1 N–H and O–H groups in total. The number of rotatable bonds is 2. The van der Waals surface area contributed by atoms with E-state index < -0.39 is 0 Å². The molecule has 0 saturated carbocycles. The molecule has 80 valence electrons. The summed E-state index contributed by atoms with van der Waals surface area (Å²) in [6.45, 7) is 8.53.